The molecule has 0 fully saturated rings. The average Bonchev–Trinajstić information content (AvgIpc) is 2.34. The molecule has 0 nitrogen and oxygen atoms in total. The molecule has 2 heteroatoms. The standard InChI is InChI=1S/C15H14BrCl/c1-11-7-8-13(10-14(11)16)15(17)9-12-5-3-2-4-6-12/h2-8,10,15H,9H2,1H3. The topological polar surface area (TPSA) is 0 Å². The van der Waals surface area contributed by atoms with Crippen LogP contribution in [0.2, 0.25) is 0 Å². The van der Waals surface area contributed by atoms with Crippen molar-refractivity contribution in [2.75, 3.05) is 0 Å². The van der Waals surface area contributed by atoms with Gasteiger partial charge >= 0.3 is 0 Å². The van der Waals surface area contributed by atoms with Gasteiger partial charge in [-0.1, -0.05) is 58.4 Å². The molecular weight excluding hydrogens is 296 g/mol. The number of rotatable bonds is 3. The van der Waals surface area contributed by atoms with Gasteiger partial charge in [-0.05, 0) is 36.1 Å². The summed E-state index contributed by atoms with van der Waals surface area (Å²) in [4.78, 5) is 0. The maximum absolute atomic E-state index is 6.44. The van der Waals surface area contributed by atoms with Crippen LogP contribution in [0.3, 0.4) is 0 Å². The van der Waals surface area contributed by atoms with Gasteiger partial charge in [0.2, 0.25) is 0 Å². The molecular formula is C15H14BrCl. The number of benzene rings is 2. The minimum absolute atomic E-state index is 0.0225. The first-order chi connectivity index (χ1) is 8.16. The van der Waals surface area contributed by atoms with Crippen LogP contribution < -0.4 is 0 Å². The molecule has 0 amide bonds. The number of hydrogen-bond donors (Lipinski definition) is 0. The van der Waals surface area contributed by atoms with Crippen LogP contribution in [0.4, 0.5) is 0 Å². The minimum Gasteiger partial charge on any atom is -0.117 e. The van der Waals surface area contributed by atoms with E-state index in [0.717, 1.165) is 16.5 Å². The van der Waals surface area contributed by atoms with E-state index in [1.165, 1.54) is 11.1 Å². The van der Waals surface area contributed by atoms with Crippen molar-refractivity contribution in [1.82, 2.24) is 0 Å². The Morgan fingerprint density at radius 2 is 1.82 bits per heavy atom. The molecule has 2 rings (SSSR count). The molecule has 0 bridgehead atoms. The third-order valence-corrected chi connectivity index (χ3v) is 4.08. The van der Waals surface area contributed by atoms with Crippen LogP contribution in [0.15, 0.2) is 53.0 Å². The van der Waals surface area contributed by atoms with Crippen molar-refractivity contribution in [1.29, 1.82) is 0 Å². The lowest BCUT2D eigenvalue weighted by Gasteiger charge is -2.11. The second kappa shape index (κ2) is 5.70. The normalized spacial score (nSPS) is 12.4. The lowest BCUT2D eigenvalue weighted by Crippen LogP contribution is -1.96. The third-order valence-electron chi connectivity index (χ3n) is 2.82. The van der Waals surface area contributed by atoms with Crippen molar-refractivity contribution in [2.24, 2.45) is 0 Å². The summed E-state index contributed by atoms with van der Waals surface area (Å²) >= 11 is 9.99. The number of halogens is 2. The minimum atomic E-state index is 0.0225. The summed E-state index contributed by atoms with van der Waals surface area (Å²) in [6, 6.07) is 16.6. The van der Waals surface area contributed by atoms with E-state index in [1.807, 2.05) is 18.2 Å². The molecule has 17 heavy (non-hydrogen) atoms. The molecule has 2 aromatic carbocycles. The van der Waals surface area contributed by atoms with Crippen molar-refractivity contribution in [3.63, 3.8) is 0 Å². The van der Waals surface area contributed by atoms with Crippen molar-refractivity contribution in [3.05, 3.63) is 69.7 Å². The van der Waals surface area contributed by atoms with Gasteiger partial charge in [0.15, 0.2) is 0 Å². The zero-order valence-electron chi connectivity index (χ0n) is 9.66. The molecule has 88 valence electrons. The summed E-state index contributed by atoms with van der Waals surface area (Å²) in [5, 5.41) is 0.0225. The van der Waals surface area contributed by atoms with Gasteiger partial charge in [-0.15, -0.1) is 11.6 Å². The number of aryl methyl sites for hydroxylation is 1. The maximum Gasteiger partial charge on any atom is 0.0625 e. The third kappa shape index (κ3) is 3.34. The second-order valence-corrected chi connectivity index (χ2v) is 5.55. The zero-order valence-corrected chi connectivity index (χ0v) is 12.0. The molecule has 2 aromatic rings. The molecule has 0 spiro atoms. The van der Waals surface area contributed by atoms with Crippen LogP contribution in [0, 0.1) is 6.92 Å². The molecule has 0 aliphatic heterocycles. The van der Waals surface area contributed by atoms with Gasteiger partial charge in [0, 0.05) is 4.47 Å². The van der Waals surface area contributed by atoms with Crippen molar-refractivity contribution < 1.29 is 0 Å². The summed E-state index contributed by atoms with van der Waals surface area (Å²) in [7, 11) is 0. The van der Waals surface area contributed by atoms with Gasteiger partial charge in [-0.2, -0.15) is 0 Å². The van der Waals surface area contributed by atoms with Crippen molar-refractivity contribution in [2.45, 2.75) is 18.7 Å². The Morgan fingerprint density at radius 1 is 1.12 bits per heavy atom. The summed E-state index contributed by atoms with van der Waals surface area (Å²) in [5.74, 6) is 0. The Morgan fingerprint density at radius 3 is 2.47 bits per heavy atom. The van der Waals surface area contributed by atoms with Gasteiger partial charge < -0.3 is 0 Å². The second-order valence-electron chi connectivity index (χ2n) is 4.17. The van der Waals surface area contributed by atoms with Crippen LogP contribution in [0.1, 0.15) is 22.1 Å². The van der Waals surface area contributed by atoms with Crippen LogP contribution >= 0.6 is 27.5 Å². The molecule has 1 unspecified atom stereocenters. The summed E-state index contributed by atoms with van der Waals surface area (Å²) < 4.78 is 1.12. The summed E-state index contributed by atoms with van der Waals surface area (Å²) in [6.07, 6.45) is 0.859. The van der Waals surface area contributed by atoms with E-state index < -0.39 is 0 Å². The Kier molecular flexibility index (Phi) is 4.25. The molecule has 0 saturated carbocycles. The highest BCUT2D eigenvalue weighted by atomic mass is 79.9. The Balaban J connectivity index is 2.14. The predicted octanol–water partition coefficient (Wildman–Crippen LogP) is 5.28. The van der Waals surface area contributed by atoms with E-state index in [1.54, 1.807) is 0 Å². The highest BCUT2D eigenvalue weighted by Crippen LogP contribution is 2.28. The van der Waals surface area contributed by atoms with Crippen LogP contribution in [-0.2, 0) is 6.42 Å². The van der Waals surface area contributed by atoms with Crippen molar-refractivity contribution in [3.8, 4) is 0 Å². The molecule has 0 aliphatic rings. The predicted molar refractivity (Wildman–Crippen MR) is 77.6 cm³/mol. The monoisotopic (exact) mass is 308 g/mol. The average molecular weight is 310 g/mol. The molecule has 0 aliphatic carbocycles. The lowest BCUT2D eigenvalue weighted by molar-refractivity contribution is 0.918. The largest absolute Gasteiger partial charge is 0.117 e. The quantitative estimate of drug-likeness (QED) is 0.677. The SMILES string of the molecule is Cc1ccc(C(Cl)Cc2ccccc2)cc1Br. The van der Waals surface area contributed by atoms with E-state index in [2.05, 4.69) is 53.2 Å². The van der Waals surface area contributed by atoms with Gasteiger partial charge in [0.05, 0.1) is 5.38 Å². The van der Waals surface area contributed by atoms with E-state index in [-0.39, 0.29) is 5.38 Å². The summed E-state index contributed by atoms with van der Waals surface area (Å²) in [5.41, 5.74) is 3.66. The fourth-order valence-corrected chi connectivity index (χ4v) is 2.45. The van der Waals surface area contributed by atoms with Crippen LogP contribution in [0.5, 0.6) is 0 Å². The fraction of sp³-hybridized carbons (Fsp3) is 0.200. The fourth-order valence-electron chi connectivity index (χ4n) is 1.74. The lowest BCUT2D eigenvalue weighted by atomic mass is 10.0. The highest BCUT2D eigenvalue weighted by Gasteiger charge is 2.09. The first-order valence-electron chi connectivity index (χ1n) is 5.61. The van der Waals surface area contributed by atoms with E-state index in [9.17, 15) is 0 Å². The number of hydrogen-bond acceptors (Lipinski definition) is 0. The number of alkyl halides is 1. The smallest absolute Gasteiger partial charge is 0.0625 e. The summed E-state index contributed by atoms with van der Waals surface area (Å²) in [6.45, 7) is 2.08. The molecule has 0 N–H and O–H groups in total. The van der Waals surface area contributed by atoms with Gasteiger partial charge in [-0.25, -0.2) is 0 Å². The van der Waals surface area contributed by atoms with E-state index >= 15 is 0 Å². The zero-order chi connectivity index (χ0) is 12.3. The molecule has 0 aromatic heterocycles. The first-order valence-corrected chi connectivity index (χ1v) is 6.84. The van der Waals surface area contributed by atoms with Crippen molar-refractivity contribution >= 4 is 27.5 Å². The van der Waals surface area contributed by atoms with E-state index in [0.29, 0.717) is 0 Å². The first kappa shape index (κ1) is 12.7. The Hall–Kier alpha value is -0.790. The van der Waals surface area contributed by atoms with Gasteiger partial charge in [-0.3, -0.25) is 0 Å². The molecule has 0 radical (unpaired) electrons. The van der Waals surface area contributed by atoms with Crippen LogP contribution in [0.25, 0.3) is 0 Å². The Bertz CT molecular complexity index is 494. The Labute approximate surface area is 116 Å². The highest BCUT2D eigenvalue weighted by molar-refractivity contribution is 9.10. The molecule has 0 heterocycles. The molecule has 0 saturated heterocycles. The van der Waals surface area contributed by atoms with Gasteiger partial charge in [0.1, 0.15) is 0 Å². The molecule has 1 atom stereocenters. The van der Waals surface area contributed by atoms with Crippen LogP contribution in [-0.4, -0.2) is 0 Å². The maximum atomic E-state index is 6.44. The van der Waals surface area contributed by atoms with Gasteiger partial charge in [0.25, 0.3) is 0 Å². The van der Waals surface area contributed by atoms with E-state index in [4.69, 9.17) is 11.6 Å².